The van der Waals surface area contributed by atoms with Gasteiger partial charge in [-0.2, -0.15) is 0 Å². The van der Waals surface area contributed by atoms with Gasteiger partial charge in [0, 0.05) is 5.56 Å². The van der Waals surface area contributed by atoms with Crippen LogP contribution in [0.5, 0.6) is 5.75 Å². The molecule has 1 atom stereocenters. The van der Waals surface area contributed by atoms with Crippen LogP contribution in [-0.4, -0.2) is 21.4 Å². The number of para-hydroxylation sites is 1. The molecule has 0 aliphatic rings. The van der Waals surface area contributed by atoms with Gasteiger partial charge in [-0.1, -0.05) is 12.1 Å². The molecule has 6 heteroatoms. The summed E-state index contributed by atoms with van der Waals surface area (Å²) in [6.07, 6.45) is -0.542. The fourth-order valence-corrected chi connectivity index (χ4v) is 1.29. The summed E-state index contributed by atoms with van der Waals surface area (Å²) in [5.74, 6) is -0.371. The minimum absolute atomic E-state index is 0.213. The first-order valence-corrected chi connectivity index (χ1v) is 4.41. The first-order valence-electron chi connectivity index (χ1n) is 4.41. The van der Waals surface area contributed by atoms with Crippen LogP contribution in [0.25, 0.3) is 0 Å². The molecule has 0 aromatic heterocycles. The average Bonchev–Trinajstić information content (AvgIpc) is 2.13. The van der Waals surface area contributed by atoms with Crippen LogP contribution in [0.2, 0.25) is 0 Å². The Kier molecular flexibility index (Phi) is 3.59. The van der Waals surface area contributed by atoms with E-state index in [2.05, 4.69) is 0 Å². The van der Waals surface area contributed by atoms with E-state index in [9.17, 15) is 15.2 Å². The maximum Gasteiger partial charge on any atom is 0.313 e. The number of benzene rings is 1. The normalized spacial score (nSPS) is 12.4. The molecule has 1 rings (SSSR count). The second kappa shape index (κ2) is 4.72. The van der Waals surface area contributed by atoms with Gasteiger partial charge in [0.15, 0.2) is 5.75 Å². The molecule has 1 aromatic carbocycles. The topological polar surface area (TPSA) is 110 Å². The van der Waals surface area contributed by atoms with Gasteiger partial charge in [-0.15, -0.1) is 0 Å². The lowest BCUT2D eigenvalue weighted by molar-refractivity contribution is -0.386. The fraction of sp³-hybridized carbons (Fsp3) is 0.333. The van der Waals surface area contributed by atoms with Crippen molar-refractivity contribution >= 4 is 5.69 Å². The third-order valence-electron chi connectivity index (χ3n) is 1.99. The summed E-state index contributed by atoms with van der Waals surface area (Å²) < 4.78 is 0. The highest BCUT2D eigenvalue weighted by atomic mass is 16.6. The van der Waals surface area contributed by atoms with Crippen molar-refractivity contribution in [3.63, 3.8) is 0 Å². The van der Waals surface area contributed by atoms with E-state index in [0.717, 1.165) is 0 Å². The second-order valence-corrected chi connectivity index (χ2v) is 3.15. The van der Waals surface area contributed by atoms with Gasteiger partial charge in [-0.05, 0) is 18.9 Å². The third-order valence-corrected chi connectivity index (χ3v) is 1.99. The van der Waals surface area contributed by atoms with Crippen molar-refractivity contribution in [3.05, 3.63) is 33.9 Å². The smallest absolute Gasteiger partial charge is 0.313 e. The number of aryl methyl sites for hydroxylation is 1. The summed E-state index contributed by atoms with van der Waals surface area (Å²) in [4.78, 5) is 9.99. The molecule has 0 aliphatic heterocycles. The van der Waals surface area contributed by atoms with Crippen molar-refractivity contribution in [2.75, 3.05) is 0 Å². The summed E-state index contributed by atoms with van der Waals surface area (Å²) >= 11 is 0. The van der Waals surface area contributed by atoms with Crippen molar-refractivity contribution in [1.29, 1.82) is 0 Å². The number of phenols is 1. The Bertz CT molecular complexity index is 365. The lowest BCUT2D eigenvalue weighted by Gasteiger charge is -2.05. The third kappa shape index (κ3) is 2.90. The largest absolute Gasteiger partial charge is 0.502 e. The van der Waals surface area contributed by atoms with Crippen molar-refractivity contribution in [1.82, 2.24) is 0 Å². The van der Waals surface area contributed by atoms with Gasteiger partial charge in [0.1, 0.15) is 6.23 Å². The van der Waals surface area contributed by atoms with Gasteiger partial charge in [-0.25, -0.2) is 0 Å². The standard InChI is InChI=1S/C9H12N2O4/c10-8(13)5-4-6-2-1-3-7(12)9(6)11(14)15/h1-3,8,12-13H,4-5,10H2. The Labute approximate surface area is 86.1 Å². The summed E-state index contributed by atoms with van der Waals surface area (Å²) in [5, 5.41) is 28.8. The van der Waals surface area contributed by atoms with Crippen LogP contribution in [0.1, 0.15) is 12.0 Å². The van der Waals surface area contributed by atoms with E-state index in [0.29, 0.717) is 5.56 Å². The Morgan fingerprint density at radius 1 is 1.53 bits per heavy atom. The monoisotopic (exact) mass is 212 g/mol. The number of nitrogens with zero attached hydrogens (tertiary/aromatic N) is 1. The van der Waals surface area contributed by atoms with E-state index in [-0.39, 0.29) is 24.3 Å². The highest BCUT2D eigenvalue weighted by molar-refractivity contribution is 5.51. The fourth-order valence-electron chi connectivity index (χ4n) is 1.29. The molecule has 0 spiro atoms. The lowest BCUT2D eigenvalue weighted by Crippen LogP contribution is -2.19. The number of nitrogens with two attached hydrogens (primary N) is 1. The maximum absolute atomic E-state index is 10.6. The summed E-state index contributed by atoms with van der Waals surface area (Å²) in [6, 6.07) is 4.29. The van der Waals surface area contributed by atoms with Crippen LogP contribution < -0.4 is 5.73 Å². The van der Waals surface area contributed by atoms with Gasteiger partial charge in [0.2, 0.25) is 0 Å². The van der Waals surface area contributed by atoms with Crippen LogP contribution in [0.4, 0.5) is 5.69 Å². The first kappa shape index (κ1) is 11.4. The predicted molar refractivity (Wildman–Crippen MR) is 53.3 cm³/mol. The SMILES string of the molecule is NC(O)CCc1cccc(O)c1[N+](=O)[O-]. The molecule has 15 heavy (non-hydrogen) atoms. The summed E-state index contributed by atoms with van der Waals surface area (Å²) in [5.41, 5.74) is 5.17. The van der Waals surface area contributed by atoms with E-state index in [1.807, 2.05) is 0 Å². The van der Waals surface area contributed by atoms with E-state index in [1.54, 1.807) is 0 Å². The molecule has 0 radical (unpaired) electrons. The second-order valence-electron chi connectivity index (χ2n) is 3.15. The van der Waals surface area contributed by atoms with Gasteiger partial charge in [-0.3, -0.25) is 10.1 Å². The molecule has 4 N–H and O–H groups in total. The minimum atomic E-state index is -1.01. The number of nitro benzene ring substituents is 1. The van der Waals surface area contributed by atoms with Gasteiger partial charge in [0.25, 0.3) is 0 Å². The lowest BCUT2D eigenvalue weighted by atomic mass is 10.1. The zero-order valence-electron chi connectivity index (χ0n) is 7.96. The van der Waals surface area contributed by atoms with E-state index in [4.69, 9.17) is 10.8 Å². The van der Waals surface area contributed by atoms with Crippen LogP contribution in [0.3, 0.4) is 0 Å². The molecule has 0 amide bonds. The predicted octanol–water partition coefficient (Wildman–Crippen LogP) is 0.510. The maximum atomic E-state index is 10.6. The number of hydrogen-bond donors (Lipinski definition) is 3. The minimum Gasteiger partial charge on any atom is -0.502 e. The number of phenolic OH excluding ortho intramolecular Hbond substituents is 1. The van der Waals surface area contributed by atoms with Crippen molar-refractivity contribution in [2.24, 2.45) is 5.73 Å². The molecule has 0 aliphatic carbocycles. The quantitative estimate of drug-likeness (QED) is 0.382. The number of aliphatic hydroxyl groups excluding tert-OH is 1. The van der Waals surface area contributed by atoms with Crippen LogP contribution in [0.15, 0.2) is 18.2 Å². The van der Waals surface area contributed by atoms with E-state index in [1.165, 1.54) is 18.2 Å². The van der Waals surface area contributed by atoms with E-state index < -0.39 is 11.2 Å². The molecular weight excluding hydrogens is 200 g/mol. The molecule has 0 saturated heterocycles. The van der Waals surface area contributed by atoms with Gasteiger partial charge >= 0.3 is 5.69 Å². The number of aliphatic hydroxyl groups is 1. The molecule has 0 saturated carbocycles. The number of aromatic hydroxyl groups is 1. The highest BCUT2D eigenvalue weighted by Gasteiger charge is 2.18. The average molecular weight is 212 g/mol. The van der Waals surface area contributed by atoms with Crippen molar-refractivity contribution in [3.8, 4) is 5.75 Å². The number of hydrogen-bond acceptors (Lipinski definition) is 5. The zero-order chi connectivity index (χ0) is 11.4. The Hall–Kier alpha value is -1.66. The summed E-state index contributed by atoms with van der Waals surface area (Å²) in [6.45, 7) is 0. The van der Waals surface area contributed by atoms with Crippen LogP contribution >= 0.6 is 0 Å². The van der Waals surface area contributed by atoms with Crippen molar-refractivity contribution in [2.45, 2.75) is 19.1 Å². The molecule has 0 fully saturated rings. The molecule has 1 unspecified atom stereocenters. The zero-order valence-corrected chi connectivity index (χ0v) is 7.96. The van der Waals surface area contributed by atoms with Crippen LogP contribution in [-0.2, 0) is 6.42 Å². The molecule has 0 bridgehead atoms. The highest BCUT2D eigenvalue weighted by Crippen LogP contribution is 2.30. The molecule has 82 valence electrons. The van der Waals surface area contributed by atoms with Crippen molar-refractivity contribution < 1.29 is 15.1 Å². The Morgan fingerprint density at radius 2 is 2.20 bits per heavy atom. The number of nitro groups is 1. The Morgan fingerprint density at radius 3 is 2.73 bits per heavy atom. The molecule has 0 heterocycles. The summed E-state index contributed by atoms with van der Waals surface area (Å²) in [7, 11) is 0. The van der Waals surface area contributed by atoms with Crippen LogP contribution in [0, 0.1) is 10.1 Å². The van der Waals surface area contributed by atoms with Gasteiger partial charge < -0.3 is 15.9 Å². The van der Waals surface area contributed by atoms with E-state index >= 15 is 0 Å². The molecule has 1 aromatic rings. The van der Waals surface area contributed by atoms with Gasteiger partial charge in [0.05, 0.1) is 4.92 Å². The molecular formula is C9H12N2O4. The molecule has 6 nitrogen and oxygen atoms in total. The Balaban J connectivity index is 2.96. The number of rotatable bonds is 4. The first-order chi connectivity index (χ1) is 7.02.